The third kappa shape index (κ3) is 3.33. The van der Waals surface area contributed by atoms with Gasteiger partial charge in [0.2, 0.25) is 0 Å². The molecule has 1 atom stereocenters. The van der Waals surface area contributed by atoms with Gasteiger partial charge in [-0.05, 0) is 37.5 Å². The second kappa shape index (κ2) is 6.55. The van der Waals surface area contributed by atoms with Crippen molar-refractivity contribution < 1.29 is 14.3 Å². The molecule has 98 valence electrons. The number of aryl methyl sites for hydroxylation is 1. The average Bonchev–Trinajstić information content (AvgIpc) is 2.37. The summed E-state index contributed by atoms with van der Waals surface area (Å²) in [5.74, 6) is -0.514. The van der Waals surface area contributed by atoms with Crippen LogP contribution in [0, 0.1) is 0 Å². The van der Waals surface area contributed by atoms with Crippen molar-refractivity contribution in [1.29, 1.82) is 0 Å². The fraction of sp³-hybridized carbons (Fsp3) is 0.429. The van der Waals surface area contributed by atoms with E-state index < -0.39 is 5.38 Å². The Balaban J connectivity index is 3.17. The van der Waals surface area contributed by atoms with Gasteiger partial charge in [0.1, 0.15) is 5.38 Å². The Morgan fingerprint density at radius 1 is 1.33 bits per heavy atom. The van der Waals surface area contributed by atoms with Gasteiger partial charge in [0.05, 0.1) is 12.2 Å². The third-order valence-corrected chi connectivity index (χ3v) is 3.22. The van der Waals surface area contributed by atoms with Crippen LogP contribution in [0.2, 0.25) is 0 Å². The molecule has 1 unspecified atom stereocenters. The minimum Gasteiger partial charge on any atom is -0.462 e. The molecular formula is C14H17ClO3. The molecule has 0 fully saturated rings. The molecule has 0 aromatic heterocycles. The summed E-state index contributed by atoms with van der Waals surface area (Å²) >= 11 is 5.99. The van der Waals surface area contributed by atoms with Crippen molar-refractivity contribution in [2.45, 2.75) is 32.6 Å². The normalized spacial score (nSPS) is 12.0. The standard InChI is InChI=1S/C14H17ClO3/c1-4-10-6-7-11(13(15)9(3)16)8-12(10)14(17)18-5-2/h6-8,13H,4-5H2,1-3H3. The van der Waals surface area contributed by atoms with Crippen LogP contribution in [-0.4, -0.2) is 18.4 Å². The van der Waals surface area contributed by atoms with Gasteiger partial charge in [-0.15, -0.1) is 11.6 Å². The van der Waals surface area contributed by atoms with Crippen LogP contribution >= 0.6 is 11.6 Å². The number of esters is 1. The molecule has 1 aromatic carbocycles. The van der Waals surface area contributed by atoms with Gasteiger partial charge < -0.3 is 4.74 Å². The van der Waals surface area contributed by atoms with Gasteiger partial charge in [0, 0.05) is 0 Å². The number of ketones is 1. The van der Waals surface area contributed by atoms with Crippen molar-refractivity contribution >= 4 is 23.4 Å². The molecule has 0 aliphatic carbocycles. The summed E-state index contributed by atoms with van der Waals surface area (Å²) in [5.41, 5.74) is 2.01. The lowest BCUT2D eigenvalue weighted by atomic mass is 9.99. The van der Waals surface area contributed by atoms with Gasteiger partial charge in [0.15, 0.2) is 5.78 Å². The first kappa shape index (κ1) is 14.7. The van der Waals surface area contributed by atoms with Crippen LogP contribution in [0.4, 0.5) is 0 Å². The molecule has 4 heteroatoms. The number of hydrogen-bond acceptors (Lipinski definition) is 3. The SMILES string of the molecule is CCOC(=O)c1cc(C(Cl)C(C)=O)ccc1CC. The van der Waals surface area contributed by atoms with Gasteiger partial charge in [-0.25, -0.2) is 4.79 Å². The maximum absolute atomic E-state index is 11.8. The van der Waals surface area contributed by atoms with Crippen LogP contribution in [0.15, 0.2) is 18.2 Å². The Kier molecular flexibility index (Phi) is 5.35. The Morgan fingerprint density at radius 3 is 2.50 bits per heavy atom. The predicted octanol–water partition coefficient (Wildman–Crippen LogP) is 3.29. The van der Waals surface area contributed by atoms with Gasteiger partial charge in [-0.3, -0.25) is 4.79 Å². The minimum atomic E-state index is -0.718. The van der Waals surface area contributed by atoms with Gasteiger partial charge in [-0.2, -0.15) is 0 Å². The Labute approximate surface area is 112 Å². The van der Waals surface area contributed by atoms with Gasteiger partial charge in [-0.1, -0.05) is 19.1 Å². The van der Waals surface area contributed by atoms with Crippen LogP contribution in [0.5, 0.6) is 0 Å². The number of carbonyl (C=O) groups excluding carboxylic acids is 2. The van der Waals surface area contributed by atoms with Crippen molar-refractivity contribution in [3.63, 3.8) is 0 Å². The summed E-state index contributed by atoms with van der Waals surface area (Å²) in [6.45, 7) is 5.47. The number of carbonyl (C=O) groups is 2. The number of rotatable bonds is 5. The molecule has 0 saturated heterocycles. The lowest BCUT2D eigenvalue weighted by molar-refractivity contribution is -0.116. The summed E-state index contributed by atoms with van der Waals surface area (Å²) in [5, 5.41) is -0.718. The van der Waals surface area contributed by atoms with Crippen molar-refractivity contribution in [1.82, 2.24) is 0 Å². The zero-order chi connectivity index (χ0) is 13.7. The molecule has 1 aromatic rings. The summed E-state index contributed by atoms with van der Waals surface area (Å²) in [6, 6.07) is 5.25. The van der Waals surface area contributed by atoms with Gasteiger partial charge in [0.25, 0.3) is 0 Å². The average molecular weight is 269 g/mol. The highest BCUT2D eigenvalue weighted by atomic mass is 35.5. The van der Waals surface area contributed by atoms with Crippen LogP contribution in [0.3, 0.4) is 0 Å². The van der Waals surface area contributed by atoms with E-state index in [1.165, 1.54) is 6.92 Å². The summed E-state index contributed by atoms with van der Waals surface area (Å²) < 4.78 is 5.00. The maximum Gasteiger partial charge on any atom is 0.338 e. The minimum absolute atomic E-state index is 0.143. The molecule has 1 rings (SSSR count). The van der Waals surface area contributed by atoms with E-state index in [-0.39, 0.29) is 11.8 Å². The van der Waals surface area contributed by atoms with E-state index >= 15 is 0 Å². The van der Waals surface area contributed by atoms with E-state index in [1.54, 1.807) is 19.1 Å². The van der Waals surface area contributed by atoms with E-state index in [9.17, 15) is 9.59 Å². The molecule has 0 heterocycles. The van der Waals surface area contributed by atoms with Crippen LogP contribution < -0.4 is 0 Å². The molecule has 18 heavy (non-hydrogen) atoms. The highest BCUT2D eigenvalue weighted by Crippen LogP contribution is 2.24. The molecule has 0 aliphatic rings. The number of alkyl halides is 1. The number of hydrogen-bond donors (Lipinski definition) is 0. The van der Waals surface area contributed by atoms with Crippen molar-refractivity contribution in [2.75, 3.05) is 6.61 Å². The molecule has 0 amide bonds. The Hall–Kier alpha value is -1.35. The van der Waals surface area contributed by atoms with Crippen molar-refractivity contribution in [2.24, 2.45) is 0 Å². The molecule has 0 aliphatic heterocycles. The van der Waals surface area contributed by atoms with E-state index in [4.69, 9.17) is 16.3 Å². The molecule has 0 bridgehead atoms. The van der Waals surface area contributed by atoms with Crippen molar-refractivity contribution in [3.8, 4) is 0 Å². The van der Waals surface area contributed by atoms with E-state index in [2.05, 4.69) is 0 Å². The molecular weight excluding hydrogens is 252 g/mol. The van der Waals surface area contributed by atoms with E-state index in [1.807, 2.05) is 13.0 Å². The monoisotopic (exact) mass is 268 g/mol. The van der Waals surface area contributed by atoms with Gasteiger partial charge >= 0.3 is 5.97 Å². The first-order chi connectivity index (χ1) is 8.51. The zero-order valence-corrected chi connectivity index (χ0v) is 11.6. The topological polar surface area (TPSA) is 43.4 Å². The molecule has 0 N–H and O–H groups in total. The lowest BCUT2D eigenvalue weighted by Crippen LogP contribution is -2.10. The van der Waals surface area contributed by atoms with Crippen molar-refractivity contribution in [3.05, 3.63) is 34.9 Å². The zero-order valence-electron chi connectivity index (χ0n) is 10.8. The quantitative estimate of drug-likeness (QED) is 0.608. The van der Waals surface area contributed by atoms with Crippen LogP contribution in [0.25, 0.3) is 0 Å². The first-order valence-corrected chi connectivity index (χ1v) is 6.39. The third-order valence-electron chi connectivity index (χ3n) is 2.66. The van der Waals surface area contributed by atoms with E-state index in [0.717, 1.165) is 12.0 Å². The maximum atomic E-state index is 11.8. The lowest BCUT2D eigenvalue weighted by Gasteiger charge is -2.11. The number of ether oxygens (including phenoxy) is 1. The summed E-state index contributed by atoms with van der Waals surface area (Å²) in [6.07, 6.45) is 0.724. The first-order valence-electron chi connectivity index (χ1n) is 5.95. The largest absolute Gasteiger partial charge is 0.462 e. The number of benzene rings is 1. The Bertz CT molecular complexity index is 454. The second-order valence-corrected chi connectivity index (χ2v) is 4.40. The highest BCUT2D eigenvalue weighted by molar-refractivity contribution is 6.30. The number of halogens is 1. The second-order valence-electron chi connectivity index (χ2n) is 3.96. The summed E-state index contributed by atoms with van der Waals surface area (Å²) in [4.78, 5) is 23.1. The predicted molar refractivity (Wildman–Crippen MR) is 71.1 cm³/mol. The number of Topliss-reactive ketones (excluding diaryl/α,β-unsaturated/α-hetero) is 1. The molecule has 0 radical (unpaired) electrons. The molecule has 0 saturated carbocycles. The van der Waals surface area contributed by atoms with E-state index in [0.29, 0.717) is 17.7 Å². The highest BCUT2D eigenvalue weighted by Gasteiger charge is 2.18. The molecule has 0 spiro atoms. The fourth-order valence-corrected chi connectivity index (χ4v) is 1.83. The summed E-state index contributed by atoms with van der Waals surface area (Å²) in [7, 11) is 0. The smallest absolute Gasteiger partial charge is 0.338 e. The fourth-order valence-electron chi connectivity index (χ4n) is 1.69. The Morgan fingerprint density at radius 2 is 2.00 bits per heavy atom. The molecule has 3 nitrogen and oxygen atoms in total. The van der Waals surface area contributed by atoms with Crippen LogP contribution in [0.1, 0.15) is 47.6 Å². The van der Waals surface area contributed by atoms with Crippen LogP contribution in [-0.2, 0) is 16.0 Å².